The third kappa shape index (κ3) is 2.40. The molecule has 1 aromatic heterocycles. The van der Waals surface area contributed by atoms with Gasteiger partial charge >= 0.3 is 0 Å². The fourth-order valence-electron chi connectivity index (χ4n) is 2.17. The zero-order valence-electron chi connectivity index (χ0n) is 10.6. The summed E-state index contributed by atoms with van der Waals surface area (Å²) in [6.45, 7) is 0.446. The van der Waals surface area contributed by atoms with E-state index in [2.05, 4.69) is 5.32 Å². The van der Waals surface area contributed by atoms with Crippen LogP contribution >= 0.6 is 11.6 Å². The fraction of sp³-hybridized carbons (Fsp3) is 0.0625. The molecule has 0 saturated carbocycles. The number of amides is 1. The number of carbonyl (C=O) groups is 1. The number of benzene rings is 2. The Morgan fingerprint density at radius 2 is 1.90 bits per heavy atom. The molecule has 0 aliphatic heterocycles. The Bertz CT molecular complexity index is 759. The molecule has 2 aromatic carbocycles. The molecule has 3 rings (SSSR count). The highest BCUT2D eigenvalue weighted by molar-refractivity contribution is 6.32. The Kier molecular flexibility index (Phi) is 3.44. The summed E-state index contributed by atoms with van der Waals surface area (Å²) in [5, 5.41) is 5.25. The molecule has 1 N–H and O–H groups in total. The van der Waals surface area contributed by atoms with Crippen LogP contribution in [0.15, 0.2) is 59.2 Å². The molecule has 1 heterocycles. The number of fused-ring (bicyclic) bond motifs is 1. The van der Waals surface area contributed by atoms with E-state index in [-0.39, 0.29) is 11.1 Å². The smallest absolute Gasteiger partial charge is 0.256 e. The van der Waals surface area contributed by atoms with E-state index in [9.17, 15) is 4.79 Å². The molecule has 1 amide bonds. The Morgan fingerprint density at radius 3 is 2.70 bits per heavy atom. The highest BCUT2D eigenvalue weighted by atomic mass is 35.5. The maximum Gasteiger partial charge on any atom is 0.256 e. The first-order chi connectivity index (χ1) is 9.75. The van der Waals surface area contributed by atoms with Crippen LogP contribution in [0.5, 0.6) is 0 Å². The second kappa shape index (κ2) is 5.39. The van der Waals surface area contributed by atoms with Crippen LogP contribution in [0.1, 0.15) is 15.9 Å². The zero-order valence-corrected chi connectivity index (χ0v) is 11.4. The monoisotopic (exact) mass is 285 g/mol. The molecule has 0 spiro atoms. The van der Waals surface area contributed by atoms with E-state index in [1.54, 1.807) is 6.07 Å². The summed E-state index contributed by atoms with van der Waals surface area (Å²) in [5.41, 5.74) is 1.42. The molecule has 3 nitrogen and oxygen atoms in total. The molecular formula is C16H12ClNO2. The van der Waals surface area contributed by atoms with Crippen molar-refractivity contribution >= 4 is 28.3 Å². The highest BCUT2D eigenvalue weighted by Gasteiger charge is 2.12. The van der Waals surface area contributed by atoms with Gasteiger partial charge in [-0.3, -0.25) is 4.79 Å². The molecule has 0 saturated heterocycles. The van der Waals surface area contributed by atoms with Gasteiger partial charge in [0.2, 0.25) is 5.22 Å². The minimum absolute atomic E-state index is 0.111. The van der Waals surface area contributed by atoms with Gasteiger partial charge in [0.05, 0.1) is 11.8 Å². The van der Waals surface area contributed by atoms with E-state index in [4.69, 9.17) is 16.0 Å². The van der Waals surface area contributed by atoms with Crippen molar-refractivity contribution in [2.24, 2.45) is 0 Å². The minimum Gasteiger partial charge on any atom is -0.452 e. The zero-order chi connectivity index (χ0) is 13.9. The van der Waals surface area contributed by atoms with Crippen molar-refractivity contribution in [2.75, 3.05) is 0 Å². The minimum atomic E-state index is -0.239. The van der Waals surface area contributed by atoms with Crippen molar-refractivity contribution < 1.29 is 9.21 Å². The molecule has 20 heavy (non-hydrogen) atoms. The van der Waals surface area contributed by atoms with Crippen molar-refractivity contribution in [1.82, 2.24) is 5.32 Å². The average molecular weight is 286 g/mol. The van der Waals surface area contributed by atoms with Gasteiger partial charge < -0.3 is 9.73 Å². The molecule has 0 atom stereocenters. The van der Waals surface area contributed by atoms with Crippen molar-refractivity contribution in [2.45, 2.75) is 6.54 Å². The summed E-state index contributed by atoms with van der Waals surface area (Å²) in [7, 11) is 0. The van der Waals surface area contributed by atoms with E-state index in [0.29, 0.717) is 12.1 Å². The predicted molar refractivity (Wildman–Crippen MR) is 78.8 cm³/mol. The molecular weight excluding hydrogens is 274 g/mol. The first kappa shape index (κ1) is 12.8. The average Bonchev–Trinajstić information content (AvgIpc) is 2.91. The molecule has 100 valence electrons. The summed E-state index contributed by atoms with van der Waals surface area (Å²) in [6.07, 6.45) is 1.40. The quantitative estimate of drug-likeness (QED) is 0.790. The maximum absolute atomic E-state index is 12.0. The van der Waals surface area contributed by atoms with Gasteiger partial charge in [0, 0.05) is 6.54 Å². The standard InChI is InChI=1S/C16H12ClNO2/c17-15-14(8-9-20-15)16(19)18-10-12-6-3-5-11-4-1-2-7-13(11)12/h1-9H,10H2,(H,18,19). The van der Waals surface area contributed by atoms with E-state index >= 15 is 0 Å². The van der Waals surface area contributed by atoms with Gasteiger partial charge in [-0.2, -0.15) is 0 Å². The molecule has 3 aromatic rings. The summed E-state index contributed by atoms with van der Waals surface area (Å²) in [4.78, 5) is 12.0. The van der Waals surface area contributed by atoms with E-state index in [1.807, 2.05) is 42.5 Å². The summed E-state index contributed by atoms with van der Waals surface area (Å²) in [6, 6.07) is 15.7. The van der Waals surface area contributed by atoms with Crippen LogP contribution < -0.4 is 5.32 Å². The second-order valence-corrected chi connectivity index (χ2v) is 4.77. The van der Waals surface area contributed by atoms with Crippen LogP contribution in [0.2, 0.25) is 5.22 Å². The normalized spacial score (nSPS) is 10.7. The molecule has 0 unspecified atom stereocenters. The molecule has 0 bridgehead atoms. The van der Waals surface area contributed by atoms with Crippen LogP contribution in [0.4, 0.5) is 0 Å². The van der Waals surface area contributed by atoms with Gasteiger partial charge in [-0.05, 0) is 34.0 Å². The summed E-state index contributed by atoms with van der Waals surface area (Å²) in [5.74, 6) is -0.239. The van der Waals surface area contributed by atoms with Crippen molar-refractivity contribution in [3.63, 3.8) is 0 Å². The number of halogens is 1. The van der Waals surface area contributed by atoms with Gasteiger partial charge in [-0.1, -0.05) is 42.5 Å². The van der Waals surface area contributed by atoms with E-state index in [1.165, 1.54) is 6.26 Å². The predicted octanol–water partition coefficient (Wildman–Crippen LogP) is 4.02. The van der Waals surface area contributed by atoms with Gasteiger partial charge in [0.25, 0.3) is 5.91 Å². The first-order valence-electron chi connectivity index (χ1n) is 6.23. The molecule has 4 heteroatoms. The van der Waals surface area contributed by atoms with E-state index < -0.39 is 0 Å². The summed E-state index contributed by atoms with van der Waals surface area (Å²) < 4.78 is 4.91. The van der Waals surface area contributed by atoms with Gasteiger partial charge in [-0.25, -0.2) is 0 Å². The number of carbonyl (C=O) groups excluding carboxylic acids is 1. The number of hydrogen-bond acceptors (Lipinski definition) is 2. The van der Waals surface area contributed by atoms with Crippen LogP contribution in [0, 0.1) is 0 Å². The Balaban J connectivity index is 1.81. The lowest BCUT2D eigenvalue weighted by molar-refractivity contribution is 0.0950. The Labute approximate surface area is 121 Å². The van der Waals surface area contributed by atoms with Gasteiger partial charge in [0.1, 0.15) is 0 Å². The fourth-order valence-corrected chi connectivity index (χ4v) is 2.37. The number of hydrogen-bond donors (Lipinski definition) is 1. The molecule has 0 fully saturated rings. The number of furan rings is 1. The first-order valence-corrected chi connectivity index (χ1v) is 6.61. The Hall–Kier alpha value is -2.26. The molecule has 0 aliphatic rings. The van der Waals surface area contributed by atoms with Crippen molar-refractivity contribution in [3.05, 3.63) is 71.1 Å². The number of nitrogens with one attached hydrogen (secondary N) is 1. The third-order valence-electron chi connectivity index (χ3n) is 3.18. The lowest BCUT2D eigenvalue weighted by atomic mass is 10.0. The second-order valence-electron chi connectivity index (χ2n) is 4.43. The molecule has 0 aliphatic carbocycles. The van der Waals surface area contributed by atoms with Crippen LogP contribution in [0.3, 0.4) is 0 Å². The molecule has 0 radical (unpaired) electrons. The summed E-state index contributed by atoms with van der Waals surface area (Å²) >= 11 is 5.78. The van der Waals surface area contributed by atoms with Crippen molar-refractivity contribution in [1.29, 1.82) is 0 Å². The van der Waals surface area contributed by atoms with E-state index in [0.717, 1.165) is 16.3 Å². The maximum atomic E-state index is 12.0. The van der Waals surface area contributed by atoms with Gasteiger partial charge in [0.15, 0.2) is 0 Å². The third-order valence-corrected chi connectivity index (χ3v) is 3.47. The van der Waals surface area contributed by atoms with Gasteiger partial charge in [-0.15, -0.1) is 0 Å². The van der Waals surface area contributed by atoms with Crippen LogP contribution in [-0.2, 0) is 6.54 Å². The van der Waals surface area contributed by atoms with Crippen LogP contribution in [0.25, 0.3) is 10.8 Å². The lowest BCUT2D eigenvalue weighted by Gasteiger charge is -2.07. The largest absolute Gasteiger partial charge is 0.452 e. The topological polar surface area (TPSA) is 42.2 Å². The number of rotatable bonds is 3. The Morgan fingerprint density at radius 1 is 1.10 bits per heavy atom. The highest BCUT2D eigenvalue weighted by Crippen LogP contribution is 2.19. The SMILES string of the molecule is O=C(NCc1cccc2ccccc12)c1ccoc1Cl. The van der Waals surface area contributed by atoms with Crippen molar-refractivity contribution in [3.8, 4) is 0 Å². The van der Waals surface area contributed by atoms with Crippen LogP contribution in [-0.4, -0.2) is 5.91 Å². The lowest BCUT2D eigenvalue weighted by Crippen LogP contribution is -2.22.